The molecule has 2 N–H and O–H groups in total. The van der Waals surface area contributed by atoms with Gasteiger partial charge in [0.15, 0.2) is 0 Å². The lowest BCUT2D eigenvalue weighted by atomic mass is 10.3. The van der Waals surface area contributed by atoms with E-state index in [1.54, 1.807) is 21.1 Å². The van der Waals surface area contributed by atoms with Crippen LogP contribution in [0.5, 0.6) is 0 Å². The number of carbonyl (C=O) groups excluding carboxylic acids is 1. The Labute approximate surface area is 85.0 Å². The molecular weight excluding hydrogens is 184 g/mol. The minimum absolute atomic E-state index is 0.0241. The van der Waals surface area contributed by atoms with Gasteiger partial charge in [-0.3, -0.25) is 0 Å². The summed E-state index contributed by atoms with van der Waals surface area (Å²) in [5.41, 5.74) is 0. The van der Waals surface area contributed by atoms with Crippen molar-refractivity contribution in [3.8, 4) is 0 Å². The van der Waals surface area contributed by atoms with Crippen molar-refractivity contribution in [1.29, 1.82) is 0 Å². The largest absolute Gasteiger partial charge is 0.392 e. The number of urea groups is 1. The van der Waals surface area contributed by atoms with Gasteiger partial charge in [0, 0.05) is 20.7 Å². The number of hydrogen-bond acceptors (Lipinski definition) is 3. The molecule has 5 nitrogen and oxygen atoms in total. The van der Waals surface area contributed by atoms with Crippen LogP contribution in [0.15, 0.2) is 0 Å². The van der Waals surface area contributed by atoms with Gasteiger partial charge in [-0.05, 0) is 13.8 Å². The molecule has 0 aliphatic carbocycles. The molecule has 0 rings (SSSR count). The molecule has 0 saturated carbocycles. The standard InChI is InChI=1S/C9H20N2O3/c1-7(6-14-4)10-9(13)11(3)5-8(2)12/h7-8,12H,5-6H2,1-4H3,(H,10,13). The van der Waals surface area contributed by atoms with E-state index in [1.165, 1.54) is 4.90 Å². The van der Waals surface area contributed by atoms with Crippen LogP contribution in [-0.2, 0) is 4.74 Å². The predicted octanol–water partition coefficient (Wildman–Crippen LogP) is 0.0435. The van der Waals surface area contributed by atoms with Crippen LogP contribution < -0.4 is 5.32 Å². The number of amides is 2. The van der Waals surface area contributed by atoms with Crippen LogP contribution in [0.3, 0.4) is 0 Å². The highest BCUT2D eigenvalue weighted by Crippen LogP contribution is 1.91. The lowest BCUT2D eigenvalue weighted by Gasteiger charge is -2.21. The number of likely N-dealkylation sites (N-methyl/N-ethyl adjacent to an activating group) is 1. The van der Waals surface area contributed by atoms with Crippen LogP contribution in [0.1, 0.15) is 13.8 Å². The van der Waals surface area contributed by atoms with Crippen molar-refractivity contribution in [2.24, 2.45) is 0 Å². The molecule has 0 aromatic rings. The molecule has 0 aromatic heterocycles. The third-order valence-electron chi connectivity index (χ3n) is 1.67. The molecule has 0 aliphatic heterocycles. The summed E-state index contributed by atoms with van der Waals surface area (Å²) in [4.78, 5) is 12.9. The predicted molar refractivity (Wildman–Crippen MR) is 54.2 cm³/mol. The van der Waals surface area contributed by atoms with Gasteiger partial charge in [0.1, 0.15) is 0 Å². The number of ether oxygens (including phenoxy) is 1. The molecule has 2 atom stereocenters. The van der Waals surface area contributed by atoms with Crippen LogP contribution in [0.2, 0.25) is 0 Å². The van der Waals surface area contributed by atoms with Crippen molar-refractivity contribution in [3.05, 3.63) is 0 Å². The maximum absolute atomic E-state index is 11.4. The average Bonchev–Trinajstić information content (AvgIpc) is 2.02. The summed E-state index contributed by atoms with van der Waals surface area (Å²) < 4.78 is 4.88. The Morgan fingerprint density at radius 2 is 2.14 bits per heavy atom. The lowest BCUT2D eigenvalue weighted by molar-refractivity contribution is 0.135. The highest BCUT2D eigenvalue weighted by Gasteiger charge is 2.12. The average molecular weight is 204 g/mol. The fraction of sp³-hybridized carbons (Fsp3) is 0.889. The molecule has 0 spiro atoms. The van der Waals surface area contributed by atoms with Gasteiger partial charge in [0.05, 0.1) is 18.8 Å². The van der Waals surface area contributed by atoms with E-state index in [9.17, 15) is 4.79 Å². The molecule has 0 bridgehead atoms. The minimum Gasteiger partial charge on any atom is -0.392 e. The summed E-state index contributed by atoms with van der Waals surface area (Å²) in [7, 11) is 3.23. The zero-order valence-corrected chi connectivity index (χ0v) is 9.28. The summed E-state index contributed by atoms with van der Waals surface area (Å²) in [6, 6.07) is -0.223. The Balaban J connectivity index is 3.82. The van der Waals surface area contributed by atoms with E-state index in [0.29, 0.717) is 13.2 Å². The molecule has 0 aromatic carbocycles. The van der Waals surface area contributed by atoms with Crippen LogP contribution in [0.4, 0.5) is 4.79 Å². The molecular formula is C9H20N2O3. The first-order valence-electron chi connectivity index (χ1n) is 4.66. The maximum atomic E-state index is 11.4. The fourth-order valence-electron chi connectivity index (χ4n) is 1.09. The topological polar surface area (TPSA) is 61.8 Å². The van der Waals surface area contributed by atoms with Crippen LogP contribution >= 0.6 is 0 Å². The maximum Gasteiger partial charge on any atom is 0.317 e. The molecule has 0 heterocycles. The molecule has 0 radical (unpaired) electrons. The number of nitrogens with one attached hydrogen (secondary N) is 1. The zero-order chi connectivity index (χ0) is 11.1. The zero-order valence-electron chi connectivity index (χ0n) is 9.28. The Morgan fingerprint density at radius 1 is 1.57 bits per heavy atom. The number of aliphatic hydroxyl groups is 1. The normalized spacial score (nSPS) is 14.6. The Morgan fingerprint density at radius 3 is 2.57 bits per heavy atom. The minimum atomic E-state index is -0.511. The molecule has 2 unspecified atom stereocenters. The van der Waals surface area contributed by atoms with Gasteiger partial charge in [-0.15, -0.1) is 0 Å². The van der Waals surface area contributed by atoms with Gasteiger partial charge in [0.25, 0.3) is 0 Å². The summed E-state index contributed by atoms with van der Waals surface area (Å²) in [5, 5.41) is 11.8. The third-order valence-corrected chi connectivity index (χ3v) is 1.67. The summed E-state index contributed by atoms with van der Waals surface area (Å²) >= 11 is 0. The molecule has 14 heavy (non-hydrogen) atoms. The van der Waals surface area contributed by atoms with E-state index in [1.807, 2.05) is 6.92 Å². The number of aliphatic hydroxyl groups excluding tert-OH is 1. The molecule has 0 saturated heterocycles. The summed E-state index contributed by atoms with van der Waals surface area (Å²) in [6.45, 7) is 4.31. The SMILES string of the molecule is COCC(C)NC(=O)N(C)CC(C)O. The van der Waals surface area contributed by atoms with Crippen LogP contribution in [0, 0.1) is 0 Å². The molecule has 0 aliphatic rings. The first kappa shape index (κ1) is 13.2. The quantitative estimate of drug-likeness (QED) is 0.665. The van der Waals surface area contributed by atoms with Gasteiger partial charge in [-0.25, -0.2) is 4.79 Å². The van der Waals surface area contributed by atoms with E-state index >= 15 is 0 Å². The number of hydrogen-bond donors (Lipinski definition) is 2. The van der Waals surface area contributed by atoms with Crippen LogP contribution in [0.25, 0.3) is 0 Å². The van der Waals surface area contributed by atoms with E-state index in [-0.39, 0.29) is 12.1 Å². The first-order chi connectivity index (χ1) is 6.47. The van der Waals surface area contributed by atoms with E-state index in [0.717, 1.165) is 0 Å². The van der Waals surface area contributed by atoms with Gasteiger partial charge in [-0.2, -0.15) is 0 Å². The third kappa shape index (κ3) is 5.77. The Kier molecular flexibility index (Phi) is 6.23. The second-order valence-electron chi connectivity index (χ2n) is 3.54. The van der Waals surface area contributed by atoms with Crippen molar-refractivity contribution < 1.29 is 14.6 Å². The van der Waals surface area contributed by atoms with Crippen LogP contribution in [-0.4, -0.2) is 55.5 Å². The van der Waals surface area contributed by atoms with Gasteiger partial charge >= 0.3 is 6.03 Å². The van der Waals surface area contributed by atoms with Gasteiger partial charge in [-0.1, -0.05) is 0 Å². The lowest BCUT2D eigenvalue weighted by Crippen LogP contribution is -2.45. The number of methoxy groups -OCH3 is 1. The second-order valence-corrected chi connectivity index (χ2v) is 3.54. The van der Waals surface area contributed by atoms with Gasteiger partial charge < -0.3 is 20.1 Å². The highest BCUT2D eigenvalue weighted by molar-refractivity contribution is 5.74. The fourth-order valence-corrected chi connectivity index (χ4v) is 1.09. The van der Waals surface area contributed by atoms with Crippen molar-refractivity contribution in [2.45, 2.75) is 26.0 Å². The van der Waals surface area contributed by atoms with Crippen molar-refractivity contribution >= 4 is 6.03 Å². The smallest absolute Gasteiger partial charge is 0.317 e. The monoisotopic (exact) mass is 204 g/mol. The molecule has 84 valence electrons. The first-order valence-corrected chi connectivity index (χ1v) is 4.66. The Hall–Kier alpha value is -0.810. The van der Waals surface area contributed by atoms with Crippen molar-refractivity contribution in [3.63, 3.8) is 0 Å². The summed E-state index contributed by atoms with van der Waals surface area (Å²) in [5.74, 6) is 0. The summed E-state index contributed by atoms with van der Waals surface area (Å²) in [6.07, 6.45) is -0.511. The van der Waals surface area contributed by atoms with Crippen molar-refractivity contribution in [2.75, 3.05) is 27.3 Å². The highest BCUT2D eigenvalue weighted by atomic mass is 16.5. The molecule has 0 fully saturated rings. The Bertz CT molecular complexity index is 173. The van der Waals surface area contributed by atoms with E-state index in [2.05, 4.69) is 5.32 Å². The number of nitrogens with zero attached hydrogens (tertiary/aromatic N) is 1. The molecule has 5 heteroatoms. The number of rotatable bonds is 5. The van der Waals surface area contributed by atoms with Crippen molar-refractivity contribution in [1.82, 2.24) is 10.2 Å². The number of carbonyl (C=O) groups is 1. The second kappa shape index (κ2) is 6.62. The van der Waals surface area contributed by atoms with Gasteiger partial charge in [0.2, 0.25) is 0 Å². The van der Waals surface area contributed by atoms with E-state index < -0.39 is 6.10 Å². The van der Waals surface area contributed by atoms with E-state index in [4.69, 9.17) is 9.84 Å². The molecule has 2 amide bonds.